The van der Waals surface area contributed by atoms with Crippen LogP contribution in [0.25, 0.3) is 0 Å². The lowest BCUT2D eigenvalue weighted by molar-refractivity contribution is -0.273. The first-order chi connectivity index (χ1) is 6.72. The van der Waals surface area contributed by atoms with Crippen molar-refractivity contribution in [3.63, 3.8) is 0 Å². The zero-order valence-electron chi connectivity index (χ0n) is 7.83. The van der Waals surface area contributed by atoms with Gasteiger partial charge in [-0.05, 0) is 6.92 Å². The van der Waals surface area contributed by atoms with Crippen LogP contribution in [0.3, 0.4) is 0 Å². The molecule has 0 spiro atoms. The summed E-state index contributed by atoms with van der Waals surface area (Å²) in [6, 6.07) is 0. The first kappa shape index (κ1) is 13.2. The van der Waals surface area contributed by atoms with Crippen molar-refractivity contribution in [2.45, 2.75) is 37.6 Å². The largest absolute Gasteiger partial charge is 0.570 e. The summed E-state index contributed by atoms with van der Waals surface area (Å²) >= 11 is 0. The van der Waals surface area contributed by atoms with Crippen LogP contribution >= 0.6 is 8.17 Å². The topological polar surface area (TPSA) is 140 Å². The van der Waals surface area contributed by atoms with E-state index in [0.29, 0.717) is 0 Å². The lowest BCUT2D eigenvalue weighted by Gasteiger charge is -2.37. The van der Waals surface area contributed by atoms with Crippen LogP contribution in [-0.2, 0) is 9.26 Å². The third-order valence-corrected chi connectivity index (χ3v) is 2.54. The van der Waals surface area contributed by atoms with Crippen LogP contribution in [0, 0.1) is 0 Å². The summed E-state index contributed by atoms with van der Waals surface area (Å²) in [6.07, 6.45) is -7.03. The molecule has 1 aliphatic heterocycles. The van der Waals surface area contributed by atoms with E-state index < -0.39 is 38.9 Å². The summed E-state index contributed by atoms with van der Waals surface area (Å²) in [5.74, 6) is 0. The van der Waals surface area contributed by atoms with Gasteiger partial charge in [-0.15, -0.1) is 4.52 Å². The smallest absolute Gasteiger partial charge is 0.388 e. The van der Waals surface area contributed by atoms with Crippen LogP contribution in [0.4, 0.5) is 0 Å². The maximum absolute atomic E-state index is 9.31. The maximum atomic E-state index is 9.31. The van der Waals surface area contributed by atoms with Crippen LogP contribution in [0.2, 0.25) is 0 Å². The van der Waals surface area contributed by atoms with E-state index in [-0.39, 0.29) is 0 Å². The van der Waals surface area contributed by atoms with E-state index in [0.717, 1.165) is 0 Å². The Kier molecular flexibility index (Phi) is 3.99. The minimum atomic E-state index is -4.57. The molecule has 1 aliphatic rings. The minimum Gasteiger partial charge on any atom is -0.388 e. The average Bonchev–Trinajstić information content (AvgIpc) is 2.08. The normalized spacial score (nSPS) is 43.0. The fourth-order valence-electron chi connectivity index (χ4n) is 1.24. The predicted octanol–water partition coefficient (Wildman–Crippen LogP) is -2.52. The molecule has 1 heterocycles. The zero-order valence-corrected chi connectivity index (χ0v) is 8.73. The quantitative estimate of drug-likeness (QED) is 0.293. The molecular formula is C6H14O8P+. The minimum absolute atomic E-state index is 0.875. The highest BCUT2D eigenvalue weighted by atomic mass is 31.2. The summed E-state index contributed by atoms with van der Waals surface area (Å²) in [7, 11) is -4.57. The Morgan fingerprint density at radius 1 is 1.00 bits per heavy atom. The van der Waals surface area contributed by atoms with E-state index in [1.54, 1.807) is 0 Å². The molecule has 15 heavy (non-hydrogen) atoms. The zero-order chi connectivity index (χ0) is 11.8. The number of rotatable bonds is 2. The molecule has 5 atom stereocenters. The van der Waals surface area contributed by atoms with Crippen LogP contribution in [-0.4, -0.2) is 60.7 Å². The molecule has 1 fully saturated rings. The molecule has 90 valence electrons. The molecule has 1 rings (SSSR count). The second-order valence-electron chi connectivity index (χ2n) is 3.30. The highest BCUT2D eigenvalue weighted by Gasteiger charge is 2.49. The van der Waals surface area contributed by atoms with Gasteiger partial charge in [0.25, 0.3) is 0 Å². The Balaban J connectivity index is 2.67. The SMILES string of the molecule is CC1OC(O[P+](O)(O)O)C(O)C(O)C1O. The predicted molar refractivity (Wildman–Crippen MR) is 47.0 cm³/mol. The van der Waals surface area contributed by atoms with Crippen LogP contribution < -0.4 is 0 Å². The lowest BCUT2D eigenvalue weighted by Crippen LogP contribution is -2.57. The van der Waals surface area contributed by atoms with Gasteiger partial charge in [0, 0.05) is 0 Å². The molecule has 0 aromatic carbocycles. The third kappa shape index (κ3) is 3.28. The Labute approximate surface area is 86.0 Å². The molecule has 0 aliphatic carbocycles. The first-order valence-corrected chi connectivity index (χ1v) is 5.74. The summed E-state index contributed by atoms with van der Waals surface area (Å²) in [4.78, 5) is 25.8. The molecule has 0 bridgehead atoms. The Hall–Kier alpha value is 0.110. The molecule has 0 amide bonds. The van der Waals surface area contributed by atoms with Crippen molar-refractivity contribution in [2.75, 3.05) is 0 Å². The van der Waals surface area contributed by atoms with Crippen molar-refractivity contribution in [3.05, 3.63) is 0 Å². The maximum Gasteiger partial charge on any atom is 0.570 e. The highest BCUT2D eigenvalue weighted by molar-refractivity contribution is 7.53. The number of hydrogen-bond donors (Lipinski definition) is 6. The van der Waals surface area contributed by atoms with Gasteiger partial charge in [0.2, 0.25) is 6.29 Å². The van der Waals surface area contributed by atoms with Crippen molar-refractivity contribution in [1.82, 2.24) is 0 Å². The summed E-state index contributed by atoms with van der Waals surface area (Å²) in [5, 5.41) is 27.9. The van der Waals surface area contributed by atoms with Crippen molar-refractivity contribution in [3.8, 4) is 0 Å². The Bertz CT molecular complexity index is 218. The van der Waals surface area contributed by atoms with E-state index in [9.17, 15) is 15.3 Å². The third-order valence-electron chi connectivity index (χ3n) is 2.05. The highest BCUT2D eigenvalue weighted by Crippen LogP contribution is 2.48. The van der Waals surface area contributed by atoms with Gasteiger partial charge < -0.3 is 20.1 Å². The van der Waals surface area contributed by atoms with Crippen LogP contribution in [0.1, 0.15) is 6.92 Å². The van der Waals surface area contributed by atoms with E-state index in [1.807, 2.05) is 0 Å². The summed E-state index contributed by atoms with van der Waals surface area (Å²) < 4.78 is 9.04. The molecule has 8 nitrogen and oxygen atoms in total. The Morgan fingerprint density at radius 2 is 1.53 bits per heavy atom. The van der Waals surface area contributed by atoms with E-state index in [2.05, 4.69) is 4.52 Å². The van der Waals surface area contributed by atoms with Crippen LogP contribution in [0.5, 0.6) is 0 Å². The van der Waals surface area contributed by atoms with Gasteiger partial charge in [0.15, 0.2) is 0 Å². The first-order valence-electron chi connectivity index (χ1n) is 4.17. The summed E-state index contributed by atoms with van der Waals surface area (Å²) in [5.41, 5.74) is 0. The van der Waals surface area contributed by atoms with Crippen LogP contribution in [0.15, 0.2) is 0 Å². The molecule has 0 saturated carbocycles. The van der Waals surface area contributed by atoms with E-state index in [1.165, 1.54) is 6.92 Å². The van der Waals surface area contributed by atoms with Crippen molar-refractivity contribution >= 4 is 8.17 Å². The molecule has 1 saturated heterocycles. The van der Waals surface area contributed by atoms with E-state index in [4.69, 9.17) is 19.4 Å². The fourth-order valence-corrected chi connectivity index (χ4v) is 1.69. The number of aliphatic hydroxyl groups is 3. The standard InChI is InChI=1S/C6H14O8P/c1-2-3(7)4(8)5(9)6(13-2)14-15(10,11)12/h2-12H,1H3/q+1. The van der Waals surface area contributed by atoms with E-state index >= 15 is 0 Å². The van der Waals surface area contributed by atoms with Gasteiger partial charge in [-0.2, -0.15) is 14.7 Å². The van der Waals surface area contributed by atoms with Gasteiger partial charge in [-0.1, -0.05) is 0 Å². The second kappa shape index (κ2) is 4.54. The molecule has 0 radical (unpaired) electrons. The molecule has 5 unspecified atom stereocenters. The van der Waals surface area contributed by atoms with Gasteiger partial charge in [0.05, 0.1) is 6.10 Å². The van der Waals surface area contributed by atoms with Crippen molar-refractivity contribution in [1.29, 1.82) is 0 Å². The number of aliphatic hydroxyl groups excluding tert-OH is 3. The van der Waals surface area contributed by atoms with Crippen molar-refractivity contribution < 1.29 is 39.3 Å². The van der Waals surface area contributed by atoms with Gasteiger partial charge in [0.1, 0.15) is 18.3 Å². The monoisotopic (exact) mass is 245 g/mol. The molecular weight excluding hydrogens is 231 g/mol. The molecule has 6 N–H and O–H groups in total. The lowest BCUT2D eigenvalue weighted by atomic mass is 10.0. The second-order valence-corrected chi connectivity index (χ2v) is 4.54. The Morgan fingerprint density at radius 3 is 2.00 bits per heavy atom. The van der Waals surface area contributed by atoms with Crippen molar-refractivity contribution in [2.24, 2.45) is 0 Å². The number of ether oxygens (including phenoxy) is 1. The fraction of sp³-hybridized carbons (Fsp3) is 1.00. The van der Waals surface area contributed by atoms with Gasteiger partial charge >= 0.3 is 8.17 Å². The van der Waals surface area contributed by atoms with Gasteiger partial charge in [-0.3, -0.25) is 0 Å². The van der Waals surface area contributed by atoms with Gasteiger partial charge in [-0.25, -0.2) is 0 Å². The molecule has 9 heteroatoms. The molecule has 0 aromatic heterocycles. The molecule has 0 aromatic rings. The summed E-state index contributed by atoms with van der Waals surface area (Å²) in [6.45, 7) is 1.39. The average molecular weight is 245 g/mol. The number of hydrogen-bond acceptors (Lipinski definition) is 8.